The van der Waals surface area contributed by atoms with E-state index in [1.165, 1.54) is 7.11 Å². The van der Waals surface area contributed by atoms with Crippen LogP contribution in [0.2, 0.25) is 0 Å². The number of amides is 3. The van der Waals surface area contributed by atoms with Crippen molar-refractivity contribution in [1.29, 1.82) is 0 Å². The van der Waals surface area contributed by atoms with Crippen molar-refractivity contribution in [2.24, 2.45) is 0 Å². The number of furan rings is 1. The number of anilines is 1. The van der Waals surface area contributed by atoms with Gasteiger partial charge in [0, 0.05) is 11.8 Å². The van der Waals surface area contributed by atoms with Crippen molar-refractivity contribution in [2.45, 2.75) is 13.8 Å². The summed E-state index contributed by atoms with van der Waals surface area (Å²) in [6.07, 6.45) is 0. The van der Waals surface area contributed by atoms with Gasteiger partial charge in [0.2, 0.25) is 0 Å². The van der Waals surface area contributed by atoms with E-state index >= 15 is 0 Å². The van der Waals surface area contributed by atoms with E-state index in [2.05, 4.69) is 16.2 Å². The van der Waals surface area contributed by atoms with Crippen LogP contribution in [0.5, 0.6) is 5.75 Å². The van der Waals surface area contributed by atoms with Crippen molar-refractivity contribution in [1.82, 2.24) is 10.9 Å². The van der Waals surface area contributed by atoms with Gasteiger partial charge in [-0.05, 0) is 32.0 Å². The van der Waals surface area contributed by atoms with Gasteiger partial charge in [-0.3, -0.25) is 10.2 Å². The molecule has 7 nitrogen and oxygen atoms in total. The number of hydrogen-bond donors (Lipinski definition) is 3. The Balaban J connectivity index is 1.90. The van der Waals surface area contributed by atoms with Crippen molar-refractivity contribution in [2.75, 3.05) is 12.4 Å². The molecule has 0 bridgehead atoms. The number of nitrogens with one attached hydrogen (secondary N) is 3. The van der Waals surface area contributed by atoms with Crippen molar-refractivity contribution < 1.29 is 18.7 Å². The van der Waals surface area contributed by atoms with Crippen LogP contribution in [-0.2, 0) is 0 Å². The van der Waals surface area contributed by atoms with E-state index in [1.807, 2.05) is 0 Å². The second-order valence-corrected chi connectivity index (χ2v) is 4.59. The lowest BCUT2D eigenvalue weighted by Crippen LogP contribution is -2.44. The van der Waals surface area contributed by atoms with Crippen LogP contribution in [0.3, 0.4) is 0 Å². The summed E-state index contributed by atoms with van der Waals surface area (Å²) in [5.74, 6) is 1.29. The second-order valence-electron chi connectivity index (χ2n) is 4.59. The molecule has 3 N–H and O–H groups in total. The van der Waals surface area contributed by atoms with Crippen molar-refractivity contribution in [3.8, 4) is 5.75 Å². The van der Waals surface area contributed by atoms with E-state index in [0.29, 0.717) is 28.5 Å². The van der Waals surface area contributed by atoms with Crippen molar-refractivity contribution in [3.63, 3.8) is 0 Å². The molecule has 22 heavy (non-hydrogen) atoms. The Morgan fingerprint density at radius 2 is 1.91 bits per heavy atom. The first-order valence-electron chi connectivity index (χ1n) is 6.58. The third kappa shape index (κ3) is 3.78. The molecule has 0 aliphatic heterocycles. The number of hydrogen-bond acceptors (Lipinski definition) is 4. The number of rotatable bonds is 3. The summed E-state index contributed by atoms with van der Waals surface area (Å²) in [5.41, 5.74) is 5.50. The zero-order valence-corrected chi connectivity index (χ0v) is 12.5. The monoisotopic (exact) mass is 303 g/mol. The number of aryl methyl sites for hydroxylation is 2. The number of methoxy groups -OCH3 is 1. The van der Waals surface area contributed by atoms with Crippen LogP contribution >= 0.6 is 0 Å². The van der Waals surface area contributed by atoms with Crippen LogP contribution in [0.15, 0.2) is 34.7 Å². The molecule has 0 unspecified atom stereocenters. The van der Waals surface area contributed by atoms with E-state index in [9.17, 15) is 9.59 Å². The van der Waals surface area contributed by atoms with Crippen LogP contribution < -0.4 is 20.9 Å². The lowest BCUT2D eigenvalue weighted by atomic mass is 10.2. The smallest absolute Gasteiger partial charge is 0.337 e. The number of benzene rings is 1. The van der Waals surface area contributed by atoms with Crippen LogP contribution in [-0.4, -0.2) is 19.0 Å². The van der Waals surface area contributed by atoms with E-state index in [0.717, 1.165) is 0 Å². The highest BCUT2D eigenvalue weighted by atomic mass is 16.5. The highest BCUT2D eigenvalue weighted by Gasteiger charge is 2.14. The number of carbonyl (C=O) groups excluding carboxylic acids is 2. The molecule has 0 saturated carbocycles. The van der Waals surface area contributed by atoms with Crippen LogP contribution in [0, 0.1) is 13.8 Å². The normalized spacial score (nSPS) is 9.95. The number of hydrazine groups is 1. The molecule has 0 aliphatic carbocycles. The average Bonchev–Trinajstić information content (AvgIpc) is 2.83. The third-order valence-electron chi connectivity index (χ3n) is 2.90. The van der Waals surface area contributed by atoms with Crippen molar-refractivity contribution >= 4 is 17.6 Å². The summed E-state index contributed by atoms with van der Waals surface area (Å²) >= 11 is 0. The molecule has 2 rings (SSSR count). The molecule has 7 heteroatoms. The molecule has 0 aliphatic rings. The minimum absolute atomic E-state index is 0.374. The Morgan fingerprint density at radius 3 is 2.55 bits per heavy atom. The molecule has 2 aromatic rings. The Bertz CT molecular complexity index is 694. The molecule has 0 spiro atoms. The molecule has 116 valence electrons. The number of urea groups is 1. The Kier molecular flexibility index (Phi) is 4.67. The molecule has 1 heterocycles. The van der Waals surface area contributed by atoms with Gasteiger partial charge in [0.25, 0.3) is 5.91 Å². The fourth-order valence-corrected chi connectivity index (χ4v) is 1.90. The van der Waals surface area contributed by atoms with E-state index in [1.54, 1.807) is 44.2 Å². The maximum absolute atomic E-state index is 11.9. The first kappa shape index (κ1) is 15.4. The highest BCUT2D eigenvalue weighted by molar-refractivity contribution is 5.97. The summed E-state index contributed by atoms with van der Waals surface area (Å²) in [6.45, 7) is 3.42. The summed E-state index contributed by atoms with van der Waals surface area (Å²) < 4.78 is 10.3. The van der Waals surface area contributed by atoms with Gasteiger partial charge in [-0.2, -0.15) is 0 Å². The first-order valence-corrected chi connectivity index (χ1v) is 6.58. The van der Waals surface area contributed by atoms with E-state index in [4.69, 9.17) is 9.15 Å². The average molecular weight is 303 g/mol. The van der Waals surface area contributed by atoms with Gasteiger partial charge in [0.15, 0.2) is 0 Å². The molecule has 0 saturated heterocycles. The largest absolute Gasteiger partial charge is 0.497 e. The molecule has 0 radical (unpaired) electrons. The van der Waals surface area contributed by atoms with E-state index in [-0.39, 0.29) is 0 Å². The van der Waals surface area contributed by atoms with Gasteiger partial charge >= 0.3 is 6.03 Å². The topological polar surface area (TPSA) is 92.6 Å². The molecule has 3 amide bonds. The number of carbonyl (C=O) groups is 2. The third-order valence-corrected chi connectivity index (χ3v) is 2.90. The van der Waals surface area contributed by atoms with Crippen molar-refractivity contribution in [3.05, 3.63) is 47.4 Å². The van der Waals surface area contributed by atoms with Crippen LogP contribution in [0.25, 0.3) is 0 Å². The summed E-state index contributed by atoms with van der Waals surface area (Å²) in [5, 5.41) is 2.58. The highest BCUT2D eigenvalue weighted by Crippen LogP contribution is 2.16. The second kappa shape index (κ2) is 6.66. The minimum Gasteiger partial charge on any atom is -0.497 e. The summed E-state index contributed by atoms with van der Waals surface area (Å²) in [7, 11) is 1.54. The Labute approximate surface area is 127 Å². The molecule has 0 fully saturated rings. The maximum Gasteiger partial charge on any atom is 0.337 e. The van der Waals surface area contributed by atoms with Gasteiger partial charge in [-0.15, -0.1) is 0 Å². The lowest BCUT2D eigenvalue weighted by Gasteiger charge is -2.09. The molecular formula is C15H17N3O4. The SMILES string of the molecule is COc1cccc(NC(=O)NNC(=O)c2cc(C)oc2C)c1. The summed E-state index contributed by atoms with van der Waals surface area (Å²) in [4.78, 5) is 23.6. The predicted octanol–water partition coefficient (Wildman–Crippen LogP) is 2.37. The van der Waals surface area contributed by atoms with Gasteiger partial charge < -0.3 is 14.5 Å². The van der Waals surface area contributed by atoms with Crippen LogP contribution in [0.1, 0.15) is 21.9 Å². The maximum atomic E-state index is 11.9. The number of ether oxygens (including phenoxy) is 1. The van der Waals surface area contributed by atoms with Crippen LogP contribution in [0.4, 0.5) is 10.5 Å². The minimum atomic E-state index is -0.570. The van der Waals surface area contributed by atoms with Gasteiger partial charge in [-0.25, -0.2) is 10.2 Å². The standard InChI is InChI=1S/C15H17N3O4/c1-9-7-13(10(2)22-9)14(19)17-18-15(20)16-11-5-4-6-12(8-11)21-3/h4-8H,1-3H3,(H,17,19)(H2,16,18,20). The Morgan fingerprint density at radius 1 is 1.14 bits per heavy atom. The molecule has 1 aromatic heterocycles. The van der Waals surface area contributed by atoms with Gasteiger partial charge in [0.05, 0.1) is 12.7 Å². The zero-order chi connectivity index (χ0) is 16.1. The van der Waals surface area contributed by atoms with Gasteiger partial charge in [-0.1, -0.05) is 6.07 Å². The van der Waals surface area contributed by atoms with E-state index < -0.39 is 11.9 Å². The fraction of sp³-hybridized carbons (Fsp3) is 0.200. The first-order chi connectivity index (χ1) is 10.5. The molecule has 1 aromatic carbocycles. The fourth-order valence-electron chi connectivity index (χ4n) is 1.90. The molecular weight excluding hydrogens is 286 g/mol. The zero-order valence-electron chi connectivity index (χ0n) is 12.5. The summed E-state index contributed by atoms with van der Waals surface area (Å²) in [6, 6.07) is 7.89. The molecule has 0 atom stereocenters. The quantitative estimate of drug-likeness (QED) is 0.759. The van der Waals surface area contributed by atoms with Gasteiger partial charge in [0.1, 0.15) is 17.3 Å². The lowest BCUT2D eigenvalue weighted by molar-refractivity contribution is 0.0936. The Hall–Kier alpha value is -2.96. The predicted molar refractivity (Wildman–Crippen MR) is 80.8 cm³/mol.